The number of carbonyl (C=O) groups excluding carboxylic acids is 1. The van der Waals surface area contributed by atoms with E-state index in [0.717, 1.165) is 44.9 Å². The monoisotopic (exact) mass is 352 g/mol. The Labute approximate surface area is 157 Å². The van der Waals surface area contributed by atoms with E-state index < -0.39 is 0 Å². The van der Waals surface area contributed by atoms with Gasteiger partial charge in [-0.25, -0.2) is 0 Å². The highest BCUT2D eigenvalue weighted by atomic mass is 16.5. The van der Waals surface area contributed by atoms with Gasteiger partial charge in [0.1, 0.15) is 6.10 Å². The predicted octanol–water partition coefficient (Wildman–Crippen LogP) is 7.61. The fourth-order valence-electron chi connectivity index (χ4n) is 3.48. The SMILES string of the molecule is C=CCCCCCCCCC(=O)OC(CCCCC)C(C)(C)CCC. The number of hydrogen-bond donors (Lipinski definition) is 0. The molecule has 148 valence electrons. The number of rotatable bonds is 17. The Morgan fingerprint density at radius 2 is 1.60 bits per heavy atom. The molecule has 1 atom stereocenters. The summed E-state index contributed by atoms with van der Waals surface area (Å²) in [5.41, 5.74) is 0.0866. The third-order valence-corrected chi connectivity index (χ3v) is 5.15. The Kier molecular flexibility index (Phi) is 15.0. The van der Waals surface area contributed by atoms with E-state index in [0.29, 0.717) is 6.42 Å². The topological polar surface area (TPSA) is 26.3 Å². The van der Waals surface area contributed by atoms with Crippen molar-refractivity contribution in [2.24, 2.45) is 5.41 Å². The molecular formula is C23H44O2. The number of allylic oxidation sites excluding steroid dienone is 1. The van der Waals surface area contributed by atoms with E-state index in [1.807, 2.05) is 6.08 Å². The summed E-state index contributed by atoms with van der Waals surface area (Å²) >= 11 is 0. The first-order valence-corrected chi connectivity index (χ1v) is 10.8. The summed E-state index contributed by atoms with van der Waals surface area (Å²) in [6, 6.07) is 0. The summed E-state index contributed by atoms with van der Waals surface area (Å²) in [6.45, 7) is 12.7. The molecule has 0 aromatic rings. The molecule has 0 amide bonds. The van der Waals surface area contributed by atoms with Gasteiger partial charge in [-0.05, 0) is 38.5 Å². The first-order chi connectivity index (χ1) is 12.0. The molecule has 0 aromatic carbocycles. The molecule has 0 aliphatic carbocycles. The highest BCUT2D eigenvalue weighted by Crippen LogP contribution is 2.32. The van der Waals surface area contributed by atoms with Gasteiger partial charge in [-0.1, -0.05) is 78.7 Å². The van der Waals surface area contributed by atoms with Crippen LogP contribution in [0, 0.1) is 5.41 Å². The van der Waals surface area contributed by atoms with Crippen LogP contribution in [-0.2, 0) is 9.53 Å². The van der Waals surface area contributed by atoms with Gasteiger partial charge in [0.15, 0.2) is 0 Å². The molecule has 0 saturated carbocycles. The molecule has 2 heteroatoms. The Bertz CT molecular complexity index is 333. The van der Waals surface area contributed by atoms with Crippen LogP contribution in [0.2, 0.25) is 0 Å². The summed E-state index contributed by atoms with van der Waals surface area (Å²) in [5, 5.41) is 0. The molecular weight excluding hydrogens is 308 g/mol. The van der Waals surface area contributed by atoms with Crippen LogP contribution in [0.4, 0.5) is 0 Å². The lowest BCUT2D eigenvalue weighted by atomic mass is 9.80. The van der Waals surface area contributed by atoms with Crippen molar-refractivity contribution in [2.45, 2.75) is 124 Å². The second-order valence-corrected chi connectivity index (χ2v) is 8.16. The van der Waals surface area contributed by atoms with Crippen molar-refractivity contribution in [3.63, 3.8) is 0 Å². The molecule has 0 aliphatic heterocycles. The maximum absolute atomic E-state index is 12.3. The second kappa shape index (κ2) is 15.5. The molecule has 0 aliphatic rings. The van der Waals surface area contributed by atoms with Gasteiger partial charge in [-0.3, -0.25) is 4.79 Å². The average molecular weight is 353 g/mol. The number of esters is 1. The van der Waals surface area contributed by atoms with E-state index >= 15 is 0 Å². The maximum atomic E-state index is 12.3. The molecule has 1 unspecified atom stereocenters. The Hall–Kier alpha value is -0.790. The number of hydrogen-bond acceptors (Lipinski definition) is 2. The lowest BCUT2D eigenvalue weighted by Gasteiger charge is -2.34. The predicted molar refractivity (Wildman–Crippen MR) is 110 cm³/mol. The van der Waals surface area contributed by atoms with Crippen molar-refractivity contribution in [2.75, 3.05) is 0 Å². The minimum atomic E-state index is 0.0114. The smallest absolute Gasteiger partial charge is 0.306 e. The zero-order valence-electron chi connectivity index (χ0n) is 17.6. The molecule has 0 rings (SSSR count). The molecule has 2 nitrogen and oxygen atoms in total. The fraction of sp³-hybridized carbons (Fsp3) is 0.870. The van der Waals surface area contributed by atoms with E-state index in [9.17, 15) is 4.79 Å². The van der Waals surface area contributed by atoms with Gasteiger partial charge in [0, 0.05) is 11.8 Å². The summed E-state index contributed by atoms with van der Waals surface area (Å²) in [6.07, 6.45) is 17.8. The van der Waals surface area contributed by atoms with Gasteiger partial charge in [0.25, 0.3) is 0 Å². The lowest BCUT2D eigenvalue weighted by molar-refractivity contribution is -0.156. The van der Waals surface area contributed by atoms with Gasteiger partial charge in [-0.2, -0.15) is 0 Å². The van der Waals surface area contributed by atoms with Crippen molar-refractivity contribution < 1.29 is 9.53 Å². The van der Waals surface area contributed by atoms with Crippen LogP contribution in [0.15, 0.2) is 12.7 Å². The van der Waals surface area contributed by atoms with Crippen molar-refractivity contribution >= 4 is 5.97 Å². The molecule has 0 saturated heterocycles. The zero-order valence-corrected chi connectivity index (χ0v) is 17.6. The number of carbonyl (C=O) groups is 1. The van der Waals surface area contributed by atoms with Gasteiger partial charge < -0.3 is 4.74 Å². The minimum absolute atomic E-state index is 0.0114. The summed E-state index contributed by atoms with van der Waals surface area (Å²) in [5.74, 6) is 0.0114. The van der Waals surface area contributed by atoms with Crippen LogP contribution in [0.5, 0.6) is 0 Å². The Morgan fingerprint density at radius 3 is 2.20 bits per heavy atom. The van der Waals surface area contributed by atoms with Gasteiger partial charge in [0.2, 0.25) is 0 Å². The van der Waals surface area contributed by atoms with Crippen LogP contribution in [0.1, 0.15) is 118 Å². The molecule has 0 radical (unpaired) electrons. The first-order valence-electron chi connectivity index (χ1n) is 10.8. The quantitative estimate of drug-likeness (QED) is 0.153. The van der Waals surface area contributed by atoms with E-state index in [2.05, 4.69) is 34.3 Å². The molecule has 0 N–H and O–H groups in total. The average Bonchev–Trinajstić information content (AvgIpc) is 2.56. The van der Waals surface area contributed by atoms with Crippen LogP contribution >= 0.6 is 0 Å². The second-order valence-electron chi connectivity index (χ2n) is 8.16. The van der Waals surface area contributed by atoms with E-state index in [-0.39, 0.29) is 17.5 Å². The third-order valence-electron chi connectivity index (χ3n) is 5.15. The first kappa shape index (κ1) is 24.2. The standard InChI is InChI=1S/C23H44O2/c1-6-9-11-12-13-14-15-17-19-22(24)25-21(18-16-10-7-2)23(4,5)20-8-3/h6,21H,1,7-20H2,2-5H3. The highest BCUT2D eigenvalue weighted by Gasteiger charge is 2.31. The largest absolute Gasteiger partial charge is 0.462 e. The molecule has 0 aromatic heterocycles. The summed E-state index contributed by atoms with van der Waals surface area (Å²) in [7, 11) is 0. The normalized spacial score (nSPS) is 12.8. The Morgan fingerprint density at radius 1 is 0.960 bits per heavy atom. The summed E-state index contributed by atoms with van der Waals surface area (Å²) in [4.78, 5) is 12.3. The number of unbranched alkanes of at least 4 members (excludes halogenated alkanes) is 8. The molecule has 0 bridgehead atoms. The molecule has 25 heavy (non-hydrogen) atoms. The molecule has 0 fully saturated rings. The van der Waals surface area contributed by atoms with Crippen LogP contribution < -0.4 is 0 Å². The van der Waals surface area contributed by atoms with Crippen LogP contribution in [-0.4, -0.2) is 12.1 Å². The van der Waals surface area contributed by atoms with Gasteiger partial charge in [-0.15, -0.1) is 6.58 Å². The van der Waals surface area contributed by atoms with E-state index in [1.54, 1.807) is 0 Å². The maximum Gasteiger partial charge on any atom is 0.306 e. The third kappa shape index (κ3) is 13.1. The van der Waals surface area contributed by atoms with Crippen molar-refractivity contribution in [1.29, 1.82) is 0 Å². The van der Waals surface area contributed by atoms with Crippen LogP contribution in [0.3, 0.4) is 0 Å². The van der Waals surface area contributed by atoms with Crippen LogP contribution in [0.25, 0.3) is 0 Å². The zero-order chi connectivity index (χ0) is 19.0. The lowest BCUT2D eigenvalue weighted by Crippen LogP contribution is -2.34. The van der Waals surface area contributed by atoms with E-state index in [1.165, 1.54) is 38.5 Å². The Balaban J connectivity index is 4.09. The minimum Gasteiger partial charge on any atom is -0.462 e. The van der Waals surface area contributed by atoms with Crippen molar-refractivity contribution in [3.8, 4) is 0 Å². The molecule has 0 heterocycles. The highest BCUT2D eigenvalue weighted by molar-refractivity contribution is 5.69. The number of ether oxygens (including phenoxy) is 1. The van der Waals surface area contributed by atoms with Crippen molar-refractivity contribution in [3.05, 3.63) is 12.7 Å². The summed E-state index contributed by atoms with van der Waals surface area (Å²) < 4.78 is 5.92. The van der Waals surface area contributed by atoms with Crippen molar-refractivity contribution in [1.82, 2.24) is 0 Å². The van der Waals surface area contributed by atoms with Gasteiger partial charge in [0.05, 0.1) is 0 Å². The van der Waals surface area contributed by atoms with Gasteiger partial charge >= 0.3 is 5.97 Å². The molecule has 0 spiro atoms. The van der Waals surface area contributed by atoms with E-state index in [4.69, 9.17) is 4.74 Å². The fourth-order valence-corrected chi connectivity index (χ4v) is 3.48.